The largest absolute Gasteiger partial charge is 0.466 e. The number of carbonyl (C=O) groups is 2. The number of benzene rings is 1. The molecule has 1 aromatic heterocycles. The van der Waals surface area contributed by atoms with Gasteiger partial charge in [0, 0.05) is 19.6 Å². The predicted octanol–water partition coefficient (Wildman–Crippen LogP) is 0.969. The SMILES string of the molecule is CCOC(=O)[C@@H]1CCCN(C(=O)c2nn(-c3ccccc3F)c(=O)n(CC)c2=O)C1. The number of para-hydroxylation sites is 1. The van der Waals surface area contributed by atoms with Crippen LogP contribution in [0, 0.1) is 11.7 Å². The van der Waals surface area contributed by atoms with Gasteiger partial charge in [-0.15, -0.1) is 0 Å². The molecule has 1 aromatic carbocycles. The average Bonchev–Trinajstić information content (AvgIpc) is 2.75. The minimum absolute atomic E-state index is 0.0135. The summed E-state index contributed by atoms with van der Waals surface area (Å²) in [5.74, 6) is -2.31. The Morgan fingerprint density at radius 3 is 2.63 bits per heavy atom. The molecule has 2 heterocycles. The third-order valence-corrected chi connectivity index (χ3v) is 4.99. The van der Waals surface area contributed by atoms with E-state index >= 15 is 0 Å². The van der Waals surface area contributed by atoms with Gasteiger partial charge in [0.1, 0.15) is 11.5 Å². The molecule has 1 fully saturated rings. The van der Waals surface area contributed by atoms with Crippen LogP contribution >= 0.6 is 0 Å². The smallest absolute Gasteiger partial charge is 0.352 e. The zero-order valence-electron chi connectivity index (χ0n) is 16.8. The Hall–Kier alpha value is -3.30. The number of rotatable bonds is 5. The van der Waals surface area contributed by atoms with E-state index in [1.54, 1.807) is 13.8 Å². The average molecular weight is 418 g/mol. The first kappa shape index (κ1) is 21.4. The number of carbonyl (C=O) groups excluding carboxylic acids is 2. The number of halogens is 1. The number of ether oxygens (including phenoxy) is 1. The molecule has 0 radical (unpaired) electrons. The molecule has 160 valence electrons. The summed E-state index contributed by atoms with van der Waals surface area (Å²) in [7, 11) is 0. The van der Waals surface area contributed by atoms with E-state index in [1.807, 2.05) is 0 Å². The highest BCUT2D eigenvalue weighted by atomic mass is 19.1. The van der Waals surface area contributed by atoms with Crippen molar-refractivity contribution in [3.8, 4) is 5.69 Å². The minimum Gasteiger partial charge on any atom is -0.466 e. The fourth-order valence-corrected chi connectivity index (χ4v) is 3.47. The van der Waals surface area contributed by atoms with Crippen molar-refractivity contribution in [3.63, 3.8) is 0 Å². The maximum Gasteiger partial charge on any atom is 0.352 e. The van der Waals surface area contributed by atoms with E-state index in [1.165, 1.54) is 23.1 Å². The lowest BCUT2D eigenvalue weighted by Gasteiger charge is -2.31. The molecule has 1 atom stereocenters. The van der Waals surface area contributed by atoms with E-state index in [9.17, 15) is 23.6 Å². The van der Waals surface area contributed by atoms with Crippen molar-refractivity contribution in [3.05, 3.63) is 56.6 Å². The summed E-state index contributed by atoms with van der Waals surface area (Å²) < 4.78 is 20.8. The molecule has 30 heavy (non-hydrogen) atoms. The second kappa shape index (κ2) is 9.02. The second-order valence-electron chi connectivity index (χ2n) is 6.89. The lowest BCUT2D eigenvalue weighted by atomic mass is 9.98. The molecule has 0 unspecified atom stereocenters. The minimum atomic E-state index is -0.849. The van der Waals surface area contributed by atoms with Crippen LogP contribution in [0.5, 0.6) is 0 Å². The maximum atomic E-state index is 14.3. The molecule has 2 aromatic rings. The van der Waals surface area contributed by atoms with Crippen molar-refractivity contribution >= 4 is 11.9 Å². The van der Waals surface area contributed by atoms with Gasteiger partial charge in [0.25, 0.3) is 11.5 Å². The normalized spacial score (nSPS) is 16.4. The van der Waals surface area contributed by atoms with Crippen molar-refractivity contribution in [2.75, 3.05) is 19.7 Å². The topological polar surface area (TPSA) is 104 Å². The molecule has 1 saturated heterocycles. The number of hydrogen-bond acceptors (Lipinski definition) is 6. The van der Waals surface area contributed by atoms with Gasteiger partial charge >= 0.3 is 11.7 Å². The van der Waals surface area contributed by atoms with E-state index in [-0.39, 0.29) is 25.4 Å². The standard InChI is InChI=1S/C20H23FN4O5/c1-3-24-18(27)16(22-25(20(24)29)15-10-6-5-9-14(15)21)17(26)23-11-7-8-13(12-23)19(28)30-4-2/h5-6,9-10,13H,3-4,7-8,11-12H2,1-2H3/t13-/m1/s1. The Bertz CT molecular complexity index is 1080. The van der Waals surface area contributed by atoms with E-state index in [2.05, 4.69) is 5.10 Å². The predicted molar refractivity (Wildman–Crippen MR) is 105 cm³/mol. The monoisotopic (exact) mass is 418 g/mol. The van der Waals surface area contributed by atoms with Gasteiger partial charge in [-0.3, -0.25) is 19.0 Å². The van der Waals surface area contributed by atoms with Crippen LogP contribution in [0.25, 0.3) is 5.69 Å². The molecule has 1 amide bonds. The number of nitrogens with zero attached hydrogens (tertiary/aromatic N) is 4. The molecule has 0 bridgehead atoms. The molecule has 10 heteroatoms. The highest BCUT2D eigenvalue weighted by molar-refractivity contribution is 5.92. The lowest BCUT2D eigenvalue weighted by molar-refractivity contribution is -0.149. The highest BCUT2D eigenvalue weighted by Gasteiger charge is 2.32. The van der Waals surface area contributed by atoms with Crippen LogP contribution in [0.3, 0.4) is 0 Å². The van der Waals surface area contributed by atoms with Crippen LogP contribution in [-0.4, -0.2) is 50.8 Å². The number of hydrogen-bond donors (Lipinski definition) is 0. The van der Waals surface area contributed by atoms with Crippen LogP contribution in [0.1, 0.15) is 37.2 Å². The number of amides is 1. The molecule has 0 spiro atoms. The van der Waals surface area contributed by atoms with Crippen LogP contribution < -0.4 is 11.2 Å². The quantitative estimate of drug-likeness (QED) is 0.671. The molecule has 0 aliphatic carbocycles. The zero-order chi connectivity index (χ0) is 21.8. The van der Waals surface area contributed by atoms with Gasteiger partial charge in [-0.25, -0.2) is 9.18 Å². The molecule has 0 N–H and O–H groups in total. The Balaban J connectivity index is 2.03. The lowest BCUT2D eigenvalue weighted by Crippen LogP contribution is -2.49. The van der Waals surface area contributed by atoms with Crippen molar-refractivity contribution in [1.29, 1.82) is 0 Å². The fraction of sp³-hybridized carbons (Fsp3) is 0.450. The summed E-state index contributed by atoms with van der Waals surface area (Å²) >= 11 is 0. The molecule has 1 aliphatic heterocycles. The van der Waals surface area contributed by atoms with Crippen LogP contribution in [-0.2, 0) is 16.1 Å². The van der Waals surface area contributed by atoms with Gasteiger partial charge in [0.15, 0.2) is 0 Å². The van der Waals surface area contributed by atoms with Crippen LogP contribution in [0.4, 0.5) is 4.39 Å². The first-order chi connectivity index (χ1) is 14.4. The number of aromatic nitrogens is 3. The van der Waals surface area contributed by atoms with Gasteiger partial charge in [-0.2, -0.15) is 9.78 Å². The second-order valence-corrected chi connectivity index (χ2v) is 6.89. The van der Waals surface area contributed by atoms with E-state index in [0.717, 1.165) is 15.3 Å². The molecular weight excluding hydrogens is 395 g/mol. The Kier molecular flexibility index (Phi) is 6.43. The van der Waals surface area contributed by atoms with Crippen molar-refractivity contribution in [1.82, 2.24) is 19.2 Å². The summed E-state index contributed by atoms with van der Waals surface area (Å²) in [5.41, 5.74) is -2.35. The van der Waals surface area contributed by atoms with Crippen LogP contribution in [0.2, 0.25) is 0 Å². The van der Waals surface area contributed by atoms with E-state index in [4.69, 9.17) is 4.74 Å². The van der Waals surface area contributed by atoms with Crippen LogP contribution in [0.15, 0.2) is 33.9 Å². The third kappa shape index (κ3) is 4.03. The Morgan fingerprint density at radius 1 is 1.23 bits per heavy atom. The number of piperidine rings is 1. The summed E-state index contributed by atoms with van der Waals surface area (Å²) in [6, 6.07) is 5.46. The van der Waals surface area contributed by atoms with E-state index < -0.39 is 40.6 Å². The third-order valence-electron chi connectivity index (χ3n) is 4.99. The Morgan fingerprint density at radius 2 is 1.97 bits per heavy atom. The Labute approximate surface area is 171 Å². The summed E-state index contributed by atoms with van der Waals surface area (Å²) in [6.07, 6.45) is 1.13. The van der Waals surface area contributed by atoms with Crippen molar-refractivity contribution in [2.45, 2.75) is 33.2 Å². The first-order valence-electron chi connectivity index (χ1n) is 9.84. The molecule has 9 nitrogen and oxygen atoms in total. The molecule has 3 rings (SSSR count). The molecule has 1 aliphatic rings. The van der Waals surface area contributed by atoms with E-state index in [0.29, 0.717) is 19.4 Å². The zero-order valence-corrected chi connectivity index (χ0v) is 16.8. The number of likely N-dealkylation sites (tertiary alicyclic amines) is 1. The number of esters is 1. The van der Waals surface area contributed by atoms with Gasteiger partial charge in [-0.1, -0.05) is 12.1 Å². The summed E-state index contributed by atoms with van der Waals surface area (Å²) in [5, 5.41) is 3.92. The first-order valence-corrected chi connectivity index (χ1v) is 9.84. The molecule has 0 saturated carbocycles. The van der Waals surface area contributed by atoms with Gasteiger partial charge in [0.2, 0.25) is 5.69 Å². The van der Waals surface area contributed by atoms with Gasteiger partial charge in [-0.05, 0) is 38.8 Å². The maximum absolute atomic E-state index is 14.3. The summed E-state index contributed by atoms with van der Waals surface area (Å²) in [4.78, 5) is 51.9. The van der Waals surface area contributed by atoms with Crippen molar-refractivity contribution < 1.29 is 18.7 Å². The summed E-state index contributed by atoms with van der Waals surface area (Å²) in [6.45, 7) is 3.91. The fourth-order valence-electron chi connectivity index (χ4n) is 3.47. The van der Waals surface area contributed by atoms with Gasteiger partial charge in [0.05, 0.1) is 12.5 Å². The molecular formula is C20H23FN4O5. The van der Waals surface area contributed by atoms with Gasteiger partial charge < -0.3 is 9.64 Å². The van der Waals surface area contributed by atoms with Crippen molar-refractivity contribution in [2.24, 2.45) is 5.92 Å². The highest BCUT2D eigenvalue weighted by Crippen LogP contribution is 2.19.